The van der Waals surface area contributed by atoms with Crippen LogP contribution >= 0.6 is 11.6 Å². The van der Waals surface area contributed by atoms with Gasteiger partial charge < -0.3 is 14.9 Å². The Kier molecular flexibility index (Phi) is 5.35. The number of benzene rings is 2. The Morgan fingerprint density at radius 2 is 1.84 bits per heavy atom. The number of hydrogen-bond acceptors (Lipinski definition) is 6. The number of ether oxygens (including phenoxy) is 1. The number of amides is 1. The van der Waals surface area contributed by atoms with Gasteiger partial charge in [-0.1, -0.05) is 23.7 Å². The lowest BCUT2D eigenvalue weighted by atomic mass is 9.95. The van der Waals surface area contributed by atoms with Gasteiger partial charge in [-0.25, -0.2) is 0 Å². The van der Waals surface area contributed by atoms with Gasteiger partial charge in [-0.15, -0.1) is 0 Å². The summed E-state index contributed by atoms with van der Waals surface area (Å²) in [6.45, 7) is 0. The molecule has 4 rings (SSSR count). The number of halogens is 1. The molecular formula is C23H17ClN2O5. The number of ketones is 1. The van der Waals surface area contributed by atoms with Crippen LogP contribution in [-0.2, 0) is 9.59 Å². The number of nitrogens with zero attached hydrogens (tertiary/aromatic N) is 2. The zero-order valence-corrected chi connectivity index (χ0v) is 17.1. The van der Waals surface area contributed by atoms with Gasteiger partial charge in [-0.3, -0.25) is 19.5 Å². The van der Waals surface area contributed by atoms with Crippen molar-refractivity contribution in [3.8, 4) is 11.5 Å². The number of Topliss-reactive ketones (excluding diaryl/α,β-unsaturated/α-hetero) is 1. The van der Waals surface area contributed by atoms with Crippen molar-refractivity contribution in [2.75, 3.05) is 12.0 Å². The number of hydrogen-bond donors (Lipinski definition) is 2. The number of aliphatic hydroxyl groups is 1. The fourth-order valence-corrected chi connectivity index (χ4v) is 3.72. The molecule has 1 aliphatic heterocycles. The van der Waals surface area contributed by atoms with Crippen LogP contribution in [0.5, 0.6) is 11.5 Å². The lowest BCUT2D eigenvalue weighted by molar-refractivity contribution is -0.132. The Balaban J connectivity index is 1.97. The molecule has 0 saturated carbocycles. The van der Waals surface area contributed by atoms with Crippen molar-refractivity contribution in [3.63, 3.8) is 0 Å². The van der Waals surface area contributed by atoms with E-state index >= 15 is 0 Å². The van der Waals surface area contributed by atoms with Crippen LogP contribution in [0.3, 0.4) is 0 Å². The first kappa shape index (κ1) is 20.4. The normalized spacial score (nSPS) is 17.7. The second-order valence-corrected chi connectivity index (χ2v) is 7.22. The number of phenols is 1. The van der Waals surface area contributed by atoms with E-state index in [-0.39, 0.29) is 22.1 Å². The van der Waals surface area contributed by atoms with Crippen LogP contribution in [0, 0.1) is 0 Å². The molecule has 3 aromatic rings. The SMILES string of the molecule is COc1cccc(N2C(=O)C(=O)/C(=C(\O)c3ccncc3)C2c2ccc(O)c(Cl)c2)c1. The molecule has 156 valence electrons. The predicted octanol–water partition coefficient (Wildman–Crippen LogP) is 4.08. The highest BCUT2D eigenvalue weighted by Crippen LogP contribution is 2.43. The fourth-order valence-electron chi connectivity index (χ4n) is 3.53. The summed E-state index contributed by atoms with van der Waals surface area (Å²) >= 11 is 6.11. The molecule has 2 aromatic carbocycles. The quantitative estimate of drug-likeness (QED) is 0.363. The van der Waals surface area contributed by atoms with E-state index in [2.05, 4.69) is 4.98 Å². The average molecular weight is 437 g/mol. The number of aliphatic hydroxyl groups excluding tert-OH is 1. The Labute approximate surface area is 182 Å². The van der Waals surface area contributed by atoms with Gasteiger partial charge in [0.2, 0.25) is 0 Å². The molecule has 1 atom stereocenters. The molecule has 7 nitrogen and oxygen atoms in total. The van der Waals surface area contributed by atoms with Gasteiger partial charge in [-0.05, 0) is 42.0 Å². The van der Waals surface area contributed by atoms with Gasteiger partial charge in [0, 0.05) is 29.7 Å². The fraction of sp³-hybridized carbons (Fsp3) is 0.0870. The smallest absolute Gasteiger partial charge is 0.300 e. The highest BCUT2D eigenvalue weighted by molar-refractivity contribution is 6.51. The molecule has 0 bridgehead atoms. The van der Waals surface area contributed by atoms with Gasteiger partial charge in [0.05, 0.1) is 23.7 Å². The number of pyridine rings is 1. The molecule has 2 N–H and O–H groups in total. The Hall–Kier alpha value is -3.84. The van der Waals surface area contributed by atoms with Crippen molar-refractivity contribution in [1.29, 1.82) is 0 Å². The largest absolute Gasteiger partial charge is 0.507 e. The first-order valence-electron chi connectivity index (χ1n) is 9.26. The number of aromatic nitrogens is 1. The molecule has 1 unspecified atom stereocenters. The second-order valence-electron chi connectivity index (χ2n) is 6.82. The maximum Gasteiger partial charge on any atom is 0.300 e. The maximum absolute atomic E-state index is 13.1. The van der Waals surface area contributed by atoms with Crippen LogP contribution in [0.25, 0.3) is 5.76 Å². The minimum absolute atomic E-state index is 0.0534. The predicted molar refractivity (Wildman–Crippen MR) is 115 cm³/mol. The summed E-state index contributed by atoms with van der Waals surface area (Å²) in [6.07, 6.45) is 2.94. The molecule has 31 heavy (non-hydrogen) atoms. The van der Waals surface area contributed by atoms with E-state index in [9.17, 15) is 19.8 Å². The van der Waals surface area contributed by atoms with E-state index in [1.807, 2.05) is 0 Å². The van der Waals surface area contributed by atoms with Crippen LogP contribution in [0.2, 0.25) is 5.02 Å². The van der Waals surface area contributed by atoms with Gasteiger partial charge >= 0.3 is 0 Å². The number of carbonyl (C=O) groups excluding carboxylic acids is 2. The van der Waals surface area contributed by atoms with Crippen molar-refractivity contribution in [2.45, 2.75) is 6.04 Å². The summed E-state index contributed by atoms with van der Waals surface area (Å²) in [7, 11) is 1.49. The molecular weight excluding hydrogens is 420 g/mol. The zero-order valence-electron chi connectivity index (χ0n) is 16.3. The van der Waals surface area contributed by atoms with E-state index in [0.29, 0.717) is 22.6 Å². The van der Waals surface area contributed by atoms with E-state index in [4.69, 9.17) is 16.3 Å². The minimum atomic E-state index is -0.974. The number of phenolic OH excluding ortho intramolecular Hbond substituents is 1. The van der Waals surface area contributed by atoms with Gasteiger partial charge in [0.15, 0.2) is 0 Å². The Bertz CT molecular complexity index is 1210. The third-order valence-corrected chi connectivity index (χ3v) is 5.32. The second kappa shape index (κ2) is 8.12. The van der Waals surface area contributed by atoms with Crippen LogP contribution in [-0.4, -0.2) is 34.0 Å². The van der Waals surface area contributed by atoms with Crippen LogP contribution in [0.4, 0.5) is 5.69 Å². The average Bonchev–Trinajstić information content (AvgIpc) is 3.06. The van der Waals surface area contributed by atoms with Gasteiger partial charge in [0.1, 0.15) is 17.3 Å². The lowest BCUT2D eigenvalue weighted by Crippen LogP contribution is -2.29. The summed E-state index contributed by atoms with van der Waals surface area (Å²) in [5.74, 6) is -1.63. The monoisotopic (exact) mass is 436 g/mol. The van der Waals surface area contributed by atoms with Crippen LogP contribution < -0.4 is 9.64 Å². The first-order valence-corrected chi connectivity index (χ1v) is 9.64. The molecule has 1 amide bonds. The van der Waals surface area contributed by atoms with E-state index in [0.717, 1.165) is 0 Å². The van der Waals surface area contributed by atoms with E-state index in [1.54, 1.807) is 30.3 Å². The molecule has 1 aromatic heterocycles. The molecule has 1 aliphatic rings. The molecule has 2 heterocycles. The standard InChI is InChI=1S/C23H17ClN2O5/c1-31-16-4-2-3-15(12-16)26-20(14-5-6-18(27)17(24)11-14)19(22(29)23(26)30)21(28)13-7-9-25-10-8-13/h2-12,20,27-28H,1H3/b21-19-. The third kappa shape index (κ3) is 3.60. The van der Waals surface area contributed by atoms with Crippen molar-refractivity contribution < 1.29 is 24.5 Å². The molecule has 0 spiro atoms. The van der Waals surface area contributed by atoms with Crippen LogP contribution in [0.15, 0.2) is 72.6 Å². The van der Waals surface area contributed by atoms with E-state index < -0.39 is 17.7 Å². The maximum atomic E-state index is 13.1. The summed E-state index contributed by atoms with van der Waals surface area (Å²) in [5, 5.41) is 20.9. The zero-order chi connectivity index (χ0) is 22.1. The minimum Gasteiger partial charge on any atom is -0.507 e. The lowest BCUT2D eigenvalue weighted by Gasteiger charge is -2.26. The van der Waals surface area contributed by atoms with Crippen LogP contribution in [0.1, 0.15) is 17.2 Å². The summed E-state index contributed by atoms with van der Waals surface area (Å²) in [5.41, 5.74) is 1.10. The number of anilines is 1. The van der Waals surface area contributed by atoms with E-state index in [1.165, 1.54) is 48.7 Å². The number of aromatic hydroxyl groups is 1. The highest BCUT2D eigenvalue weighted by atomic mass is 35.5. The highest BCUT2D eigenvalue weighted by Gasteiger charge is 2.47. The van der Waals surface area contributed by atoms with Crippen molar-refractivity contribution in [3.05, 3.63) is 88.7 Å². The van der Waals surface area contributed by atoms with Crippen molar-refractivity contribution in [2.24, 2.45) is 0 Å². The Morgan fingerprint density at radius 3 is 2.52 bits per heavy atom. The summed E-state index contributed by atoms with van der Waals surface area (Å²) in [4.78, 5) is 31.3. The molecule has 1 fully saturated rings. The Morgan fingerprint density at radius 1 is 1.10 bits per heavy atom. The van der Waals surface area contributed by atoms with Gasteiger partial charge in [-0.2, -0.15) is 0 Å². The van der Waals surface area contributed by atoms with Crippen molar-refractivity contribution >= 4 is 34.7 Å². The topological polar surface area (TPSA) is 100.0 Å². The number of methoxy groups -OCH3 is 1. The molecule has 0 aliphatic carbocycles. The molecule has 0 radical (unpaired) electrons. The first-order chi connectivity index (χ1) is 14.9. The van der Waals surface area contributed by atoms with Crippen molar-refractivity contribution in [1.82, 2.24) is 4.98 Å². The number of carbonyl (C=O) groups is 2. The summed E-state index contributed by atoms with van der Waals surface area (Å²) < 4.78 is 5.25. The van der Waals surface area contributed by atoms with Gasteiger partial charge in [0.25, 0.3) is 11.7 Å². The third-order valence-electron chi connectivity index (χ3n) is 5.02. The summed E-state index contributed by atoms with van der Waals surface area (Å²) in [6, 6.07) is 13.2. The molecule has 8 heteroatoms. The molecule has 1 saturated heterocycles. The number of rotatable bonds is 4.